The summed E-state index contributed by atoms with van der Waals surface area (Å²) < 4.78 is 0. The number of rotatable bonds is 0. The molecule has 0 bridgehead atoms. The molecule has 0 aromatic heterocycles. The molecule has 0 aromatic carbocycles. The van der Waals surface area contributed by atoms with E-state index in [1.54, 1.807) is 0 Å². The molecule has 0 heterocycles. The second-order valence-electron chi connectivity index (χ2n) is 0.247. The number of hydrogen-bond acceptors (Lipinski definition) is 0. The zero-order valence-corrected chi connectivity index (χ0v) is 8.89. The molecular weight excluding hydrogens is 312 g/mol. The van der Waals surface area contributed by atoms with Crippen molar-refractivity contribution < 1.29 is 0 Å². The summed E-state index contributed by atoms with van der Waals surface area (Å²) in [6.07, 6.45) is 0. The second-order valence-corrected chi connectivity index (χ2v) is 34.7. The van der Waals surface area contributed by atoms with E-state index in [4.69, 9.17) is 0 Å². The van der Waals surface area contributed by atoms with E-state index in [1.807, 2.05) is 0 Å². The van der Waals surface area contributed by atoms with Gasteiger partial charge < -0.3 is 0 Å². The van der Waals surface area contributed by atoms with E-state index < -0.39 is 8.82 Å². The summed E-state index contributed by atoms with van der Waals surface area (Å²) in [4.78, 5) is 0. The van der Waals surface area contributed by atoms with Crippen LogP contribution in [0.15, 0.2) is 0 Å². The molecule has 0 nitrogen and oxygen atoms in total. The van der Waals surface area contributed by atoms with Crippen molar-refractivity contribution in [1.29, 1.82) is 0 Å². The average molecular weight is 313 g/mol. The molecule has 0 aliphatic heterocycles. The van der Waals surface area contributed by atoms with Crippen molar-refractivity contribution in [2.45, 2.75) is 0 Å². The van der Waals surface area contributed by atoms with E-state index in [0.29, 0.717) is 0 Å². The molecule has 0 atom stereocenters. The molecule has 0 radical (unpaired) electrons. The molecule has 4 heavy (non-hydrogen) atoms. The van der Waals surface area contributed by atoms with Crippen molar-refractivity contribution in [2.24, 2.45) is 0 Å². The molecular formula is HBr3Ge. The SMILES string of the molecule is [Br][GeH]([Br])[Br]. The van der Waals surface area contributed by atoms with Gasteiger partial charge in [0.15, 0.2) is 0 Å². The molecule has 0 aliphatic carbocycles. The van der Waals surface area contributed by atoms with E-state index in [2.05, 4.69) is 42.0 Å². The van der Waals surface area contributed by atoms with E-state index in [9.17, 15) is 0 Å². The Kier molecular flexibility index (Phi) is 4.76. The predicted octanol–water partition coefficient (Wildman–Crippen LogP) is 1.89. The van der Waals surface area contributed by atoms with Gasteiger partial charge in [0.2, 0.25) is 0 Å². The number of hydrogen-bond donors (Lipinski definition) is 0. The summed E-state index contributed by atoms with van der Waals surface area (Å²) in [5.74, 6) is 0. The fourth-order valence-electron chi connectivity index (χ4n) is 0. The second kappa shape index (κ2) is 3.18. The van der Waals surface area contributed by atoms with Crippen molar-refractivity contribution in [3.05, 3.63) is 0 Å². The van der Waals surface area contributed by atoms with Gasteiger partial charge in [0.25, 0.3) is 0 Å². The van der Waals surface area contributed by atoms with Gasteiger partial charge in [0.05, 0.1) is 0 Å². The van der Waals surface area contributed by atoms with Crippen LogP contribution in [-0.4, -0.2) is 8.82 Å². The van der Waals surface area contributed by atoms with Crippen LogP contribution in [0.3, 0.4) is 0 Å². The molecule has 0 saturated carbocycles. The molecule has 0 aliphatic rings. The first kappa shape index (κ1) is 5.98. The average Bonchev–Trinajstić information content (AvgIpc) is 0.811. The summed E-state index contributed by atoms with van der Waals surface area (Å²) in [7, 11) is -1.04. The van der Waals surface area contributed by atoms with E-state index in [1.165, 1.54) is 0 Å². The fourth-order valence-corrected chi connectivity index (χ4v) is 0. The molecule has 26 valence electrons. The fraction of sp³-hybridized carbons (Fsp3) is 0. The summed E-state index contributed by atoms with van der Waals surface area (Å²) in [5.41, 5.74) is 0. The third-order valence-electron chi connectivity index (χ3n) is 0. The van der Waals surface area contributed by atoms with E-state index >= 15 is 0 Å². The first-order valence-electron chi connectivity index (χ1n) is 0.655. The molecule has 0 spiro atoms. The minimum absolute atomic E-state index is 1.04. The standard InChI is InChI=1S/Br3GeH/c1-4(2)3/h4H. The third kappa shape index (κ3) is 9.01. The molecule has 0 N–H and O–H groups in total. The maximum absolute atomic E-state index is 3.29. The Bertz CT molecular complexity index is 8.00. The van der Waals surface area contributed by atoms with Gasteiger partial charge in [0.1, 0.15) is 0 Å². The van der Waals surface area contributed by atoms with Crippen molar-refractivity contribution in [2.75, 3.05) is 0 Å². The Morgan fingerprint density at radius 2 is 1.00 bits per heavy atom. The summed E-state index contributed by atoms with van der Waals surface area (Å²) in [5, 5.41) is 0. The van der Waals surface area contributed by atoms with Crippen molar-refractivity contribution in [3.8, 4) is 0 Å². The quantitative estimate of drug-likeness (QED) is 0.599. The van der Waals surface area contributed by atoms with Gasteiger partial charge >= 0.3 is 50.8 Å². The first-order chi connectivity index (χ1) is 1.73. The maximum atomic E-state index is 3.29. The Morgan fingerprint density at radius 3 is 1.00 bits per heavy atom. The van der Waals surface area contributed by atoms with Gasteiger partial charge in [-0.3, -0.25) is 0 Å². The molecule has 0 amide bonds. The summed E-state index contributed by atoms with van der Waals surface area (Å²) in [6.45, 7) is 0. The third-order valence-corrected chi connectivity index (χ3v) is 0. The van der Waals surface area contributed by atoms with Crippen molar-refractivity contribution >= 4 is 50.8 Å². The Labute approximate surface area is 50.3 Å². The number of halogens is 3. The Morgan fingerprint density at radius 1 is 1.00 bits per heavy atom. The van der Waals surface area contributed by atoms with Crippen LogP contribution in [-0.2, 0) is 0 Å². The molecule has 4 heteroatoms. The zero-order chi connectivity index (χ0) is 3.58. The van der Waals surface area contributed by atoms with E-state index in [-0.39, 0.29) is 0 Å². The van der Waals surface area contributed by atoms with Crippen molar-refractivity contribution in [1.82, 2.24) is 0 Å². The Balaban J connectivity index is 2.32. The predicted molar refractivity (Wildman–Crippen MR) is 33.9 cm³/mol. The molecule has 0 aromatic rings. The summed E-state index contributed by atoms with van der Waals surface area (Å²) in [6, 6.07) is 0. The molecule has 0 rings (SSSR count). The van der Waals surface area contributed by atoms with Gasteiger partial charge in [-0.05, 0) is 0 Å². The van der Waals surface area contributed by atoms with E-state index in [0.717, 1.165) is 0 Å². The summed E-state index contributed by atoms with van der Waals surface area (Å²) >= 11 is 9.88. The molecule has 0 fully saturated rings. The van der Waals surface area contributed by atoms with Gasteiger partial charge in [0, 0.05) is 0 Å². The van der Waals surface area contributed by atoms with Crippen LogP contribution >= 0.6 is 42.0 Å². The molecule has 0 saturated heterocycles. The van der Waals surface area contributed by atoms with Crippen LogP contribution in [0.1, 0.15) is 0 Å². The normalized spacial score (nSPS) is 9.00. The monoisotopic (exact) mass is 312 g/mol. The van der Waals surface area contributed by atoms with Crippen LogP contribution in [0.4, 0.5) is 0 Å². The van der Waals surface area contributed by atoms with Crippen LogP contribution in [0.2, 0.25) is 0 Å². The van der Waals surface area contributed by atoms with Gasteiger partial charge in [-0.1, -0.05) is 0 Å². The van der Waals surface area contributed by atoms with Gasteiger partial charge in [-0.25, -0.2) is 0 Å². The van der Waals surface area contributed by atoms with Crippen LogP contribution in [0.5, 0.6) is 0 Å². The van der Waals surface area contributed by atoms with Gasteiger partial charge in [-0.15, -0.1) is 0 Å². The molecule has 0 unspecified atom stereocenters. The van der Waals surface area contributed by atoms with Crippen molar-refractivity contribution in [3.63, 3.8) is 0 Å². The first-order valence-corrected chi connectivity index (χ1v) is 17.7. The topological polar surface area (TPSA) is 0 Å². The van der Waals surface area contributed by atoms with Crippen LogP contribution in [0.25, 0.3) is 0 Å². The zero-order valence-electron chi connectivity index (χ0n) is 1.71. The van der Waals surface area contributed by atoms with Crippen LogP contribution < -0.4 is 0 Å². The van der Waals surface area contributed by atoms with Crippen LogP contribution in [0, 0.1) is 0 Å². The Hall–Kier alpha value is 1.98. The minimum atomic E-state index is -1.04. The van der Waals surface area contributed by atoms with Gasteiger partial charge in [-0.2, -0.15) is 0 Å².